The first-order valence-corrected chi connectivity index (χ1v) is 12.2. The van der Waals surface area contributed by atoms with Crippen LogP contribution in [0.5, 0.6) is 0 Å². The van der Waals surface area contributed by atoms with Gasteiger partial charge in [0.2, 0.25) is 5.91 Å². The minimum Gasteiger partial charge on any atom is -0.338 e. The Hall–Kier alpha value is -2.79. The van der Waals surface area contributed by atoms with Crippen LogP contribution in [0.1, 0.15) is 47.4 Å². The minimum atomic E-state index is -3.99. The van der Waals surface area contributed by atoms with E-state index in [-0.39, 0.29) is 40.3 Å². The molecule has 4 rings (SSSR count). The number of fused-ring (bicyclic) bond motifs is 1. The third-order valence-electron chi connectivity index (χ3n) is 5.41. The zero-order valence-corrected chi connectivity index (χ0v) is 18.7. The molecule has 1 aromatic carbocycles. The van der Waals surface area contributed by atoms with Crippen LogP contribution >= 0.6 is 11.3 Å². The number of hydrogen-bond acceptors (Lipinski definition) is 7. The maximum atomic E-state index is 13.1. The third kappa shape index (κ3) is 3.83. The molecule has 164 valence electrons. The van der Waals surface area contributed by atoms with Crippen molar-refractivity contribution in [2.75, 3.05) is 18.4 Å². The second-order valence-corrected chi connectivity index (χ2v) is 10.5. The van der Waals surface area contributed by atoms with Gasteiger partial charge in [0, 0.05) is 36.3 Å². The minimum absolute atomic E-state index is 0.0737. The number of thiazole rings is 1. The van der Waals surface area contributed by atoms with Gasteiger partial charge in [0.15, 0.2) is 5.13 Å². The van der Waals surface area contributed by atoms with Crippen LogP contribution < -0.4 is 5.32 Å². The molecule has 2 aromatic rings. The van der Waals surface area contributed by atoms with Crippen LogP contribution in [0.3, 0.4) is 0 Å². The van der Waals surface area contributed by atoms with E-state index in [4.69, 9.17) is 0 Å². The number of nitrogens with zero attached hydrogens (tertiary/aromatic N) is 3. The average molecular weight is 463 g/mol. The van der Waals surface area contributed by atoms with Crippen molar-refractivity contribution in [2.24, 2.45) is 5.92 Å². The summed E-state index contributed by atoms with van der Waals surface area (Å²) >= 11 is 1.32. The smallest absolute Gasteiger partial charge is 0.269 e. The normalized spacial score (nSPS) is 20.1. The van der Waals surface area contributed by atoms with Gasteiger partial charge < -0.3 is 10.2 Å². The van der Waals surface area contributed by atoms with Crippen molar-refractivity contribution < 1.29 is 22.8 Å². The summed E-state index contributed by atoms with van der Waals surface area (Å²) in [5, 5.41) is 5.04. The molecule has 1 unspecified atom stereocenters. The zero-order chi connectivity index (χ0) is 22.3. The number of hydrogen-bond donors (Lipinski definition) is 1. The fourth-order valence-electron chi connectivity index (χ4n) is 3.94. The van der Waals surface area contributed by atoms with E-state index in [0.717, 1.165) is 4.31 Å². The van der Waals surface area contributed by atoms with Crippen LogP contribution in [0.25, 0.3) is 0 Å². The van der Waals surface area contributed by atoms with Crippen molar-refractivity contribution in [1.82, 2.24) is 14.2 Å². The summed E-state index contributed by atoms with van der Waals surface area (Å²) < 4.78 is 26.4. The highest BCUT2D eigenvalue weighted by molar-refractivity contribution is 7.90. The van der Waals surface area contributed by atoms with E-state index in [2.05, 4.69) is 10.3 Å². The summed E-state index contributed by atoms with van der Waals surface area (Å²) in [6.45, 7) is 3.95. The fourth-order valence-corrected chi connectivity index (χ4v) is 6.27. The lowest BCUT2D eigenvalue weighted by Crippen LogP contribution is -2.43. The molecular weight excluding hydrogens is 440 g/mol. The summed E-state index contributed by atoms with van der Waals surface area (Å²) in [5.74, 6) is -1.51. The lowest BCUT2D eigenvalue weighted by molar-refractivity contribution is -0.121. The summed E-state index contributed by atoms with van der Waals surface area (Å²) in [6.07, 6.45) is 2.91. The average Bonchev–Trinajstić information content (AvgIpc) is 3.31. The van der Waals surface area contributed by atoms with Crippen molar-refractivity contribution in [3.8, 4) is 0 Å². The molecule has 11 heteroatoms. The number of rotatable bonds is 4. The van der Waals surface area contributed by atoms with E-state index in [1.165, 1.54) is 29.5 Å². The van der Waals surface area contributed by atoms with Crippen molar-refractivity contribution in [1.29, 1.82) is 0 Å². The summed E-state index contributed by atoms with van der Waals surface area (Å²) in [7, 11) is -3.99. The Balaban J connectivity index is 1.53. The predicted molar refractivity (Wildman–Crippen MR) is 114 cm³/mol. The van der Waals surface area contributed by atoms with Crippen LogP contribution in [0, 0.1) is 5.92 Å². The Bertz CT molecular complexity index is 1140. The molecule has 9 nitrogen and oxygen atoms in total. The fraction of sp³-hybridized carbons (Fsp3) is 0.400. The number of carbonyl (C=O) groups excluding carboxylic acids is 3. The van der Waals surface area contributed by atoms with Crippen LogP contribution in [-0.2, 0) is 14.8 Å². The maximum Gasteiger partial charge on any atom is 0.269 e. The van der Waals surface area contributed by atoms with Gasteiger partial charge in [-0.3, -0.25) is 14.4 Å². The van der Waals surface area contributed by atoms with Crippen LogP contribution in [-0.4, -0.2) is 59.5 Å². The quantitative estimate of drug-likeness (QED) is 0.744. The van der Waals surface area contributed by atoms with Crippen LogP contribution in [0.4, 0.5) is 5.13 Å². The van der Waals surface area contributed by atoms with E-state index in [1.807, 2.05) is 0 Å². The van der Waals surface area contributed by atoms with E-state index in [0.29, 0.717) is 24.5 Å². The van der Waals surface area contributed by atoms with Gasteiger partial charge in [0.1, 0.15) is 4.90 Å². The number of sulfonamides is 1. The van der Waals surface area contributed by atoms with Crippen molar-refractivity contribution in [3.05, 3.63) is 40.9 Å². The number of piperidine rings is 1. The number of likely N-dealkylation sites (tertiary alicyclic amines) is 1. The second-order valence-electron chi connectivity index (χ2n) is 7.83. The number of carbonyl (C=O) groups is 3. The monoisotopic (exact) mass is 462 g/mol. The van der Waals surface area contributed by atoms with E-state index in [1.54, 1.807) is 30.3 Å². The van der Waals surface area contributed by atoms with Gasteiger partial charge in [0.05, 0.1) is 11.5 Å². The molecule has 1 aromatic heterocycles. The largest absolute Gasteiger partial charge is 0.338 e. The maximum absolute atomic E-state index is 13.1. The topological polar surface area (TPSA) is 117 Å². The number of amides is 3. The molecule has 1 N–H and O–H groups in total. The first-order valence-electron chi connectivity index (χ1n) is 9.92. The molecule has 0 radical (unpaired) electrons. The van der Waals surface area contributed by atoms with E-state index >= 15 is 0 Å². The molecule has 0 aliphatic carbocycles. The summed E-state index contributed by atoms with van der Waals surface area (Å²) in [4.78, 5) is 43.6. The molecule has 2 aliphatic rings. The van der Waals surface area contributed by atoms with Gasteiger partial charge in [-0.1, -0.05) is 0 Å². The standard InChI is InChI=1S/C20H22N4O5S2/c1-12(2)24-19(27)15-6-5-13(10-16(15)31(24,28)29)18(26)23-8-3-4-14(11-23)17(25)22-20-21-7-9-30-20/h5-7,9-10,12,14H,3-4,8,11H2,1-2H3,(H,21,22,25). The lowest BCUT2D eigenvalue weighted by Gasteiger charge is -2.32. The highest BCUT2D eigenvalue weighted by atomic mass is 32.2. The zero-order valence-electron chi connectivity index (χ0n) is 17.1. The molecule has 1 atom stereocenters. The van der Waals surface area contributed by atoms with Crippen molar-refractivity contribution in [2.45, 2.75) is 37.6 Å². The first kappa shape index (κ1) is 21.4. The van der Waals surface area contributed by atoms with Gasteiger partial charge in [-0.25, -0.2) is 17.7 Å². The second kappa shape index (κ2) is 8.04. The van der Waals surface area contributed by atoms with Gasteiger partial charge >= 0.3 is 0 Å². The molecule has 0 spiro atoms. The highest BCUT2D eigenvalue weighted by Crippen LogP contribution is 2.33. The molecule has 31 heavy (non-hydrogen) atoms. The summed E-state index contributed by atoms with van der Waals surface area (Å²) in [5.41, 5.74) is 0.256. The van der Waals surface area contributed by atoms with Crippen LogP contribution in [0.15, 0.2) is 34.7 Å². The number of anilines is 1. The Morgan fingerprint density at radius 3 is 2.74 bits per heavy atom. The van der Waals surface area contributed by atoms with E-state index in [9.17, 15) is 22.8 Å². The molecule has 3 heterocycles. The third-order valence-corrected chi connectivity index (χ3v) is 8.09. The number of nitrogens with one attached hydrogen (secondary N) is 1. The lowest BCUT2D eigenvalue weighted by atomic mass is 9.96. The Morgan fingerprint density at radius 2 is 2.06 bits per heavy atom. The first-order chi connectivity index (χ1) is 14.7. The Kier molecular flexibility index (Phi) is 5.56. The van der Waals surface area contributed by atoms with Crippen molar-refractivity contribution in [3.63, 3.8) is 0 Å². The molecule has 1 fully saturated rings. The SMILES string of the molecule is CC(C)N1C(=O)c2ccc(C(=O)N3CCCC(C(=O)Nc4nccs4)C3)cc2S1(=O)=O. The number of benzene rings is 1. The predicted octanol–water partition coefficient (Wildman–Crippen LogP) is 2.19. The summed E-state index contributed by atoms with van der Waals surface area (Å²) in [6, 6.07) is 3.61. The van der Waals surface area contributed by atoms with Crippen LogP contribution in [0.2, 0.25) is 0 Å². The Labute approximate surface area is 184 Å². The van der Waals surface area contributed by atoms with Gasteiger partial charge in [-0.15, -0.1) is 11.3 Å². The van der Waals surface area contributed by atoms with Gasteiger partial charge in [0.25, 0.3) is 21.8 Å². The van der Waals surface area contributed by atoms with Gasteiger partial charge in [-0.2, -0.15) is 0 Å². The Morgan fingerprint density at radius 1 is 1.29 bits per heavy atom. The number of aromatic nitrogens is 1. The van der Waals surface area contributed by atoms with Crippen molar-refractivity contribution >= 4 is 44.2 Å². The molecule has 0 bridgehead atoms. The molecule has 3 amide bonds. The van der Waals surface area contributed by atoms with Gasteiger partial charge in [-0.05, 0) is 44.9 Å². The molecule has 0 saturated carbocycles. The molecular formula is C20H22N4O5S2. The molecule has 2 aliphatic heterocycles. The molecule has 1 saturated heterocycles. The highest BCUT2D eigenvalue weighted by Gasteiger charge is 2.43. The van der Waals surface area contributed by atoms with E-state index < -0.39 is 22.0 Å².